The number of hydrogen-bond acceptors (Lipinski definition) is 5. The summed E-state index contributed by atoms with van der Waals surface area (Å²) in [6.45, 7) is 3.66. The molecule has 3 amide bonds. The molecular formula is C17H22N2O5. The Morgan fingerprint density at radius 1 is 1.46 bits per heavy atom. The third-order valence-corrected chi connectivity index (χ3v) is 5.19. The van der Waals surface area contributed by atoms with Crippen LogP contribution in [0.3, 0.4) is 0 Å². The van der Waals surface area contributed by atoms with Crippen LogP contribution in [-0.2, 0) is 16.1 Å². The maximum absolute atomic E-state index is 12.9. The largest absolute Gasteiger partial charge is 0.465 e. The summed E-state index contributed by atoms with van der Waals surface area (Å²) in [5.74, 6) is 0.198. The highest BCUT2D eigenvalue weighted by molar-refractivity contribution is 6.07. The second-order valence-corrected chi connectivity index (χ2v) is 6.61. The van der Waals surface area contributed by atoms with Crippen LogP contribution in [0.4, 0.5) is 4.79 Å². The molecular weight excluding hydrogens is 312 g/mol. The summed E-state index contributed by atoms with van der Waals surface area (Å²) in [5, 5.41) is 2.90. The number of ether oxygens (including phenoxy) is 1. The molecule has 0 aromatic carbocycles. The molecule has 1 aromatic rings. The highest BCUT2D eigenvalue weighted by Crippen LogP contribution is 2.38. The van der Waals surface area contributed by atoms with Gasteiger partial charge >= 0.3 is 12.0 Å². The zero-order valence-corrected chi connectivity index (χ0v) is 14.2. The fourth-order valence-electron chi connectivity index (χ4n) is 3.73. The number of esters is 1. The minimum atomic E-state index is -0.790. The van der Waals surface area contributed by atoms with Gasteiger partial charge in [-0.05, 0) is 31.7 Å². The minimum Gasteiger partial charge on any atom is -0.465 e. The van der Waals surface area contributed by atoms with Crippen molar-refractivity contribution in [3.63, 3.8) is 0 Å². The molecule has 1 aromatic heterocycles. The number of amides is 3. The van der Waals surface area contributed by atoms with Crippen LogP contribution in [0.2, 0.25) is 0 Å². The van der Waals surface area contributed by atoms with Crippen molar-refractivity contribution in [3.8, 4) is 0 Å². The van der Waals surface area contributed by atoms with Crippen molar-refractivity contribution in [1.29, 1.82) is 0 Å². The topological polar surface area (TPSA) is 88.9 Å². The molecule has 2 atom stereocenters. The molecule has 3 rings (SSSR count). The lowest BCUT2D eigenvalue weighted by atomic mass is 9.73. The molecule has 1 saturated heterocycles. The Labute approximate surface area is 140 Å². The van der Waals surface area contributed by atoms with Crippen molar-refractivity contribution >= 4 is 17.9 Å². The van der Waals surface area contributed by atoms with Crippen LogP contribution in [0.5, 0.6) is 0 Å². The van der Waals surface area contributed by atoms with E-state index in [1.165, 1.54) is 18.1 Å². The SMILES string of the molecule is COC(=O)c1cc(CN2C(=O)N[C@]3(CCCC[C@@H]3C)C2=O)oc1C. The summed E-state index contributed by atoms with van der Waals surface area (Å²) >= 11 is 0. The van der Waals surface area contributed by atoms with Crippen molar-refractivity contribution in [2.75, 3.05) is 7.11 Å². The first-order valence-electron chi connectivity index (χ1n) is 8.21. The van der Waals surface area contributed by atoms with Gasteiger partial charge in [0, 0.05) is 0 Å². The average molecular weight is 334 g/mol. The Morgan fingerprint density at radius 3 is 2.88 bits per heavy atom. The van der Waals surface area contributed by atoms with Gasteiger partial charge in [-0.15, -0.1) is 0 Å². The lowest BCUT2D eigenvalue weighted by molar-refractivity contribution is -0.134. The predicted molar refractivity (Wildman–Crippen MR) is 84.2 cm³/mol. The maximum Gasteiger partial charge on any atom is 0.341 e. The van der Waals surface area contributed by atoms with E-state index in [-0.39, 0.29) is 18.4 Å². The van der Waals surface area contributed by atoms with Crippen molar-refractivity contribution in [2.45, 2.75) is 51.6 Å². The van der Waals surface area contributed by atoms with E-state index in [1.54, 1.807) is 6.92 Å². The number of nitrogens with one attached hydrogen (secondary N) is 1. The molecule has 1 aliphatic heterocycles. The van der Waals surface area contributed by atoms with E-state index in [0.717, 1.165) is 19.3 Å². The fourth-order valence-corrected chi connectivity index (χ4v) is 3.73. The van der Waals surface area contributed by atoms with Crippen molar-refractivity contribution in [1.82, 2.24) is 10.2 Å². The molecule has 2 heterocycles. The first kappa shape index (κ1) is 16.5. The van der Waals surface area contributed by atoms with Crippen LogP contribution in [0.15, 0.2) is 10.5 Å². The van der Waals surface area contributed by atoms with Crippen LogP contribution < -0.4 is 5.32 Å². The lowest BCUT2D eigenvalue weighted by Gasteiger charge is -2.36. The molecule has 2 aliphatic rings. The fraction of sp³-hybridized carbons (Fsp3) is 0.588. The minimum absolute atomic E-state index is 0.0109. The number of methoxy groups -OCH3 is 1. The molecule has 1 spiro atoms. The van der Waals surface area contributed by atoms with Crippen molar-refractivity contribution < 1.29 is 23.5 Å². The number of aryl methyl sites for hydroxylation is 1. The van der Waals surface area contributed by atoms with E-state index in [0.29, 0.717) is 23.5 Å². The first-order valence-corrected chi connectivity index (χ1v) is 8.21. The quantitative estimate of drug-likeness (QED) is 0.677. The molecule has 7 nitrogen and oxygen atoms in total. The molecule has 7 heteroatoms. The third kappa shape index (κ3) is 2.48. The molecule has 24 heavy (non-hydrogen) atoms. The van der Waals surface area contributed by atoms with Crippen LogP contribution in [-0.4, -0.2) is 35.5 Å². The normalized spacial score (nSPS) is 26.8. The van der Waals surface area contributed by atoms with Gasteiger partial charge in [-0.1, -0.05) is 19.8 Å². The molecule has 0 radical (unpaired) electrons. The standard InChI is InChI=1S/C17H22N2O5/c1-10-6-4-5-7-17(10)15(21)19(16(22)18-17)9-12-8-13(11(2)24-12)14(20)23-3/h8,10H,4-7,9H2,1-3H3,(H,18,22)/t10-,17-/m0/s1. The first-order chi connectivity index (χ1) is 11.4. The number of hydrogen-bond donors (Lipinski definition) is 1. The monoisotopic (exact) mass is 334 g/mol. The van der Waals surface area contributed by atoms with E-state index in [4.69, 9.17) is 4.42 Å². The number of furan rings is 1. The summed E-state index contributed by atoms with van der Waals surface area (Å²) in [4.78, 5) is 38.1. The van der Waals surface area contributed by atoms with Crippen LogP contribution in [0, 0.1) is 12.8 Å². The smallest absolute Gasteiger partial charge is 0.341 e. The number of carbonyl (C=O) groups is 3. The summed E-state index contributed by atoms with van der Waals surface area (Å²) in [7, 11) is 1.29. The van der Waals surface area contributed by atoms with Gasteiger partial charge in [0.25, 0.3) is 5.91 Å². The zero-order chi connectivity index (χ0) is 17.5. The number of urea groups is 1. The van der Waals surface area contributed by atoms with Gasteiger partial charge in [0.1, 0.15) is 22.6 Å². The Morgan fingerprint density at radius 2 is 2.21 bits per heavy atom. The predicted octanol–water partition coefficient (Wildman–Crippen LogP) is 2.38. The Bertz CT molecular complexity index is 695. The highest BCUT2D eigenvalue weighted by atomic mass is 16.5. The third-order valence-electron chi connectivity index (χ3n) is 5.19. The zero-order valence-electron chi connectivity index (χ0n) is 14.2. The van der Waals surface area contributed by atoms with Crippen molar-refractivity contribution in [2.24, 2.45) is 5.92 Å². The highest BCUT2D eigenvalue weighted by Gasteiger charge is 2.54. The van der Waals surface area contributed by atoms with Crippen LogP contribution in [0.25, 0.3) is 0 Å². The number of imide groups is 1. The van der Waals surface area contributed by atoms with E-state index in [9.17, 15) is 14.4 Å². The van der Waals surface area contributed by atoms with Crippen molar-refractivity contribution in [3.05, 3.63) is 23.2 Å². The van der Waals surface area contributed by atoms with Gasteiger partial charge in [0.2, 0.25) is 0 Å². The van der Waals surface area contributed by atoms with Gasteiger partial charge in [0.15, 0.2) is 0 Å². The van der Waals surface area contributed by atoms with E-state index >= 15 is 0 Å². The lowest BCUT2D eigenvalue weighted by Crippen LogP contribution is -2.53. The van der Waals surface area contributed by atoms with Crippen LogP contribution in [0.1, 0.15) is 54.5 Å². The Hall–Kier alpha value is -2.31. The average Bonchev–Trinajstić information content (AvgIpc) is 3.03. The number of carbonyl (C=O) groups excluding carboxylic acids is 3. The molecule has 1 saturated carbocycles. The van der Waals surface area contributed by atoms with E-state index in [2.05, 4.69) is 10.1 Å². The molecule has 2 fully saturated rings. The van der Waals surface area contributed by atoms with E-state index in [1.807, 2.05) is 6.92 Å². The second-order valence-electron chi connectivity index (χ2n) is 6.61. The van der Waals surface area contributed by atoms with Gasteiger partial charge in [-0.3, -0.25) is 9.69 Å². The van der Waals surface area contributed by atoms with Crippen LogP contribution >= 0.6 is 0 Å². The molecule has 0 unspecified atom stereocenters. The number of nitrogens with zero attached hydrogens (tertiary/aromatic N) is 1. The molecule has 130 valence electrons. The Balaban J connectivity index is 1.82. The molecule has 1 N–H and O–H groups in total. The summed E-state index contributed by atoms with van der Waals surface area (Å²) in [6.07, 6.45) is 3.59. The van der Waals surface area contributed by atoms with E-state index < -0.39 is 17.5 Å². The van der Waals surface area contributed by atoms with Gasteiger partial charge < -0.3 is 14.5 Å². The second kappa shape index (κ2) is 5.96. The van der Waals surface area contributed by atoms with Gasteiger partial charge in [0.05, 0.1) is 13.7 Å². The van der Waals surface area contributed by atoms with Gasteiger partial charge in [-0.25, -0.2) is 9.59 Å². The summed E-state index contributed by atoms with van der Waals surface area (Å²) < 4.78 is 10.2. The summed E-state index contributed by atoms with van der Waals surface area (Å²) in [5.41, 5.74) is -0.484. The molecule has 0 bridgehead atoms. The molecule has 1 aliphatic carbocycles. The maximum atomic E-state index is 12.9. The van der Waals surface area contributed by atoms with Gasteiger partial charge in [-0.2, -0.15) is 0 Å². The summed E-state index contributed by atoms with van der Waals surface area (Å²) in [6, 6.07) is 1.12. The number of rotatable bonds is 3. The Kier molecular flexibility index (Phi) is 4.11.